The van der Waals surface area contributed by atoms with Gasteiger partial charge in [-0.2, -0.15) is 5.26 Å². The first-order chi connectivity index (χ1) is 10.6. The molecule has 0 saturated carbocycles. The molecule has 0 aliphatic carbocycles. The molecule has 1 aliphatic rings. The minimum absolute atomic E-state index is 0.124. The van der Waals surface area contributed by atoms with E-state index in [1.165, 1.54) is 5.56 Å². The Balaban J connectivity index is 2.03. The van der Waals surface area contributed by atoms with Crippen molar-refractivity contribution >= 4 is 17.3 Å². The van der Waals surface area contributed by atoms with Gasteiger partial charge in [0.2, 0.25) is 0 Å². The largest absolute Gasteiger partial charge is 0.391 e. The highest BCUT2D eigenvalue weighted by molar-refractivity contribution is 6.32. The van der Waals surface area contributed by atoms with Gasteiger partial charge in [0.1, 0.15) is 6.07 Å². The van der Waals surface area contributed by atoms with Crippen molar-refractivity contribution in [3.63, 3.8) is 0 Å². The van der Waals surface area contributed by atoms with Crippen LogP contribution in [0, 0.1) is 18.3 Å². The van der Waals surface area contributed by atoms with Crippen LogP contribution in [-0.4, -0.2) is 17.8 Å². The van der Waals surface area contributed by atoms with Gasteiger partial charge >= 0.3 is 0 Å². The van der Waals surface area contributed by atoms with E-state index in [0.29, 0.717) is 23.6 Å². The highest BCUT2D eigenvalue weighted by atomic mass is 35.5. The van der Waals surface area contributed by atoms with Crippen molar-refractivity contribution < 1.29 is 5.11 Å². The summed E-state index contributed by atoms with van der Waals surface area (Å²) in [5.74, 6) is 0. The van der Waals surface area contributed by atoms with E-state index in [0.717, 1.165) is 11.3 Å². The number of halogens is 1. The maximum Gasteiger partial charge on any atom is 0.101 e. The van der Waals surface area contributed by atoms with E-state index < -0.39 is 0 Å². The van der Waals surface area contributed by atoms with E-state index in [9.17, 15) is 5.11 Å². The Labute approximate surface area is 135 Å². The molecule has 0 bridgehead atoms. The van der Waals surface area contributed by atoms with E-state index in [1.807, 2.05) is 31.2 Å². The maximum atomic E-state index is 10.1. The molecule has 0 amide bonds. The summed E-state index contributed by atoms with van der Waals surface area (Å²) in [6.07, 6.45) is 0.333. The highest BCUT2D eigenvalue weighted by Gasteiger charge is 2.33. The van der Waals surface area contributed by atoms with Gasteiger partial charge in [-0.3, -0.25) is 0 Å². The average Bonchev–Trinajstić information content (AvgIpc) is 2.92. The zero-order valence-corrected chi connectivity index (χ0v) is 13.1. The molecule has 2 aromatic carbocycles. The minimum atomic E-state index is -0.362. The summed E-state index contributed by atoms with van der Waals surface area (Å²) in [7, 11) is 0. The Hall–Kier alpha value is -2.02. The maximum absolute atomic E-state index is 10.1. The van der Waals surface area contributed by atoms with Crippen LogP contribution in [0.15, 0.2) is 42.5 Å². The summed E-state index contributed by atoms with van der Waals surface area (Å²) in [5.41, 5.74) is 3.53. The number of aliphatic hydroxyl groups is 1. The lowest BCUT2D eigenvalue weighted by molar-refractivity contribution is 0.194. The molecule has 22 heavy (non-hydrogen) atoms. The molecular formula is C18H17ClN2O. The fraction of sp³-hybridized carbons (Fsp3) is 0.278. The molecule has 3 nitrogen and oxygen atoms in total. The van der Waals surface area contributed by atoms with Crippen molar-refractivity contribution in [1.29, 1.82) is 5.26 Å². The fourth-order valence-corrected chi connectivity index (χ4v) is 3.35. The summed E-state index contributed by atoms with van der Waals surface area (Å²) < 4.78 is 0. The van der Waals surface area contributed by atoms with Crippen LogP contribution in [0.1, 0.15) is 29.2 Å². The van der Waals surface area contributed by atoms with Crippen LogP contribution in [-0.2, 0) is 0 Å². The third-order valence-corrected chi connectivity index (χ3v) is 4.74. The Morgan fingerprint density at radius 1 is 1.23 bits per heavy atom. The van der Waals surface area contributed by atoms with Gasteiger partial charge < -0.3 is 10.0 Å². The third-order valence-electron chi connectivity index (χ3n) is 4.25. The van der Waals surface area contributed by atoms with E-state index in [2.05, 4.69) is 23.1 Å². The predicted molar refractivity (Wildman–Crippen MR) is 88.1 cm³/mol. The van der Waals surface area contributed by atoms with Crippen LogP contribution in [0.25, 0.3) is 0 Å². The SMILES string of the molecule is Cc1c(N2CC(O)CC2c2ccccc2)ccc(C#N)c1Cl. The van der Waals surface area contributed by atoms with Gasteiger partial charge in [-0.15, -0.1) is 0 Å². The van der Waals surface area contributed by atoms with E-state index in [1.54, 1.807) is 6.07 Å². The summed E-state index contributed by atoms with van der Waals surface area (Å²) >= 11 is 6.30. The number of hydrogen-bond acceptors (Lipinski definition) is 3. The van der Waals surface area contributed by atoms with Crippen LogP contribution >= 0.6 is 11.6 Å². The Morgan fingerprint density at radius 2 is 1.95 bits per heavy atom. The Kier molecular flexibility index (Phi) is 4.06. The van der Waals surface area contributed by atoms with Crippen LogP contribution in [0.4, 0.5) is 5.69 Å². The van der Waals surface area contributed by atoms with Crippen LogP contribution < -0.4 is 4.90 Å². The summed E-state index contributed by atoms with van der Waals surface area (Å²) in [6, 6.07) is 16.1. The Bertz CT molecular complexity index is 724. The predicted octanol–water partition coefficient (Wildman–Crippen LogP) is 3.83. The number of nitrogens with zero attached hydrogens (tertiary/aromatic N) is 2. The van der Waals surface area contributed by atoms with Crippen molar-refractivity contribution in [2.75, 3.05) is 11.4 Å². The molecule has 1 fully saturated rings. The molecular weight excluding hydrogens is 296 g/mol. The molecule has 4 heteroatoms. The lowest BCUT2D eigenvalue weighted by atomic mass is 10.0. The smallest absolute Gasteiger partial charge is 0.101 e. The number of anilines is 1. The quantitative estimate of drug-likeness (QED) is 0.916. The monoisotopic (exact) mass is 312 g/mol. The zero-order chi connectivity index (χ0) is 15.7. The summed E-state index contributed by atoms with van der Waals surface area (Å²) in [5, 5.41) is 19.7. The molecule has 1 aliphatic heterocycles. The molecule has 112 valence electrons. The first-order valence-electron chi connectivity index (χ1n) is 7.30. The number of rotatable bonds is 2. The van der Waals surface area contributed by atoms with Gasteiger partial charge in [-0.1, -0.05) is 41.9 Å². The molecule has 2 aromatic rings. The van der Waals surface area contributed by atoms with E-state index in [-0.39, 0.29) is 12.1 Å². The zero-order valence-electron chi connectivity index (χ0n) is 12.3. The molecule has 2 unspecified atom stereocenters. The second-order valence-electron chi connectivity index (χ2n) is 5.65. The minimum Gasteiger partial charge on any atom is -0.391 e. The normalized spacial score (nSPS) is 20.9. The van der Waals surface area contributed by atoms with Gasteiger partial charge in [0.15, 0.2) is 0 Å². The van der Waals surface area contributed by atoms with Crippen molar-refractivity contribution in [2.24, 2.45) is 0 Å². The molecule has 2 atom stereocenters. The molecule has 3 rings (SSSR count). The number of nitriles is 1. The van der Waals surface area contributed by atoms with Crippen molar-refractivity contribution in [3.8, 4) is 6.07 Å². The lowest BCUT2D eigenvalue weighted by Gasteiger charge is -2.29. The van der Waals surface area contributed by atoms with Gasteiger partial charge in [-0.25, -0.2) is 0 Å². The fourth-order valence-electron chi connectivity index (χ4n) is 3.14. The second kappa shape index (κ2) is 6.00. The van der Waals surface area contributed by atoms with Gasteiger partial charge in [-0.05, 0) is 36.6 Å². The second-order valence-corrected chi connectivity index (χ2v) is 6.03. The molecule has 0 spiro atoms. The molecule has 0 radical (unpaired) electrons. The van der Waals surface area contributed by atoms with Crippen molar-refractivity contribution in [3.05, 3.63) is 64.2 Å². The first-order valence-corrected chi connectivity index (χ1v) is 7.68. The number of β-amino-alcohol motifs (C(OH)–C–C–N with tert-alkyl or cyclic N) is 1. The molecule has 1 heterocycles. The molecule has 0 aromatic heterocycles. The molecule has 1 saturated heterocycles. The third kappa shape index (κ3) is 2.56. The van der Waals surface area contributed by atoms with Crippen molar-refractivity contribution in [1.82, 2.24) is 0 Å². The summed E-state index contributed by atoms with van der Waals surface area (Å²) in [6.45, 7) is 2.49. The number of benzene rings is 2. The van der Waals surface area contributed by atoms with E-state index in [4.69, 9.17) is 16.9 Å². The standard InChI is InChI=1S/C18H17ClN2O/c1-12-16(8-7-14(10-20)18(12)19)21-11-15(22)9-17(21)13-5-3-2-4-6-13/h2-8,15,17,22H,9,11H2,1H3. The van der Waals surface area contributed by atoms with Crippen LogP contribution in [0.5, 0.6) is 0 Å². The van der Waals surface area contributed by atoms with Gasteiger partial charge in [0.25, 0.3) is 0 Å². The molecule has 1 N–H and O–H groups in total. The highest BCUT2D eigenvalue weighted by Crippen LogP contribution is 2.40. The number of aliphatic hydroxyl groups excluding tert-OH is 1. The summed E-state index contributed by atoms with van der Waals surface area (Å²) in [4.78, 5) is 2.18. The average molecular weight is 313 g/mol. The first kappa shape index (κ1) is 14.9. The van der Waals surface area contributed by atoms with E-state index >= 15 is 0 Å². The Morgan fingerprint density at radius 3 is 2.64 bits per heavy atom. The van der Waals surface area contributed by atoms with Crippen LogP contribution in [0.3, 0.4) is 0 Å². The lowest BCUT2D eigenvalue weighted by Crippen LogP contribution is -2.25. The van der Waals surface area contributed by atoms with Crippen molar-refractivity contribution in [2.45, 2.75) is 25.5 Å². The van der Waals surface area contributed by atoms with Crippen LogP contribution in [0.2, 0.25) is 5.02 Å². The number of hydrogen-bond donors (Lipinski definition) is 1. The van der Waals surface area contributed by atoms with Gasteiger partial charge in [0.05, 0.1) is 22.7 Å². The topological polar surface area (TPSA) is 47.3 Å². The van der Waals surface area contributed by atoms with Gasteiger partial charge in [0, 0.05) is 12.2 Å².